The molecule has 1 atom stereocenters. The van der Waals surface area contributed by atoms with Gasteiger partial charge in [-0.1, -0.05) is 36.4 Å². The van der Waals surface area contributed by atoms with Gasteiger partial charge < -0.3 is 15.4 Å². The predicted octanol–water partition coefficient (Wildman–Crippen LogP) is 2.75. The van der Waals surface area contributed by atoms with Gasteiger partial charge in [-0.25, -0.2) is 4.79 Å². The fraction of sp³-hybridized carbons (Fsp3) is 0.250. The molecule has 0 fully saturated rings. The van der Waals surface area contributed by atoms with Crippen LogP contribution in [0.1, 0.15) is 20.3 Å². The monoisotopic (exact) mass is 352 g/mol. The van der Waals surface area contributed by atoms with Crippen molar-refractivity contribution in [1.29, 1.82) is 0 Å². The van der Waals surface area contributed by atoms with Gasteiger partial charge in [0.1, 0.15) is 0 Å². The van der Waals surface area contributed by atoms with E-state index in [9.17, 15) is 14.4 Å². The number of rotatable bonds is 4. The fourth-order valence-corrected chi connectivity index (χ4v) is 3.16. The lowest BCUT2D eigenvalue weighted by Gasteiger charge is -2.25. The highest BCUT2D eigenvalue weighted by molar-refractivity contribution is 6.09. The highest BCUT2D eigenvalue weighted by Gasteiger charge is 2.36. The van der Waals surface area contributed by atoms with E-state index < -0.39 is 17.8 Å². The normalized spacial score (nSPS) is 17.0. The third-order valence-electron chi connectivity index (χ3n) is 4.33. The number of nitrogens with one attached hydrogen (secondary N) is 2. The number of carbonyl (C=O) groups is 3. The van der Waals surface area contributed by atoms with E-state index in [1.54, 1.807) is 19.9 Å². The van der Waals surface area contributed by atoms with Gasteiger partial charge in [0.25, 0.3) is 0 Å². The zero-order valence-corrected chi connectivity index (χ0v) is 14.7. The maximum absolute atomic E-state index is 12.9. The van der Waals surface area contributed by atoms with Gasteiger partial charge in [0.05, 0.1) is 18.1 Å². The van der Waals surface area contributed by atoms with Crippen molar-refractivity contribution in [2.75, 3.05) is 11.9 Å². The molecule has 0 spiro atoms. The molecule has 3 rings (SSSR count). The van der Waals surface area contributed by atoms with Crippen molar-refractivity contribution in [2.24, 2.45) is 5.92 Å². The Kier molecular flexibility index (Phi) is 5.02. The van der Waals surface area contributed by atoms with E-state index in [0.29, 0.717) is 11.4 Å². The number of hydrogen-bond acceptors (Lipinski definition) is 4. The largest absolute Gasteiger partial charge is 0.463 e. The summed E-state index contributed by atoms with van der Waals surface area (Å²) in [5.74, 6) is -2.17. The lowest BCUT2D eigenvalue weighted by Crippen LogP contribution is -2.40. The van der Waals surface area contributed by atoms with Gasteiger partial charge in [0, 0.05) is 23.2 Å². The lowest BCUT2D eigenvalue weighted by molar-refractivity contribution is -0.141. The van der Waals surface area contributed by atoms with Crippen LogP contribution in [0.25, 0.3) is 10.8 Å². The molecule has 0 aliphatic carbocycles. The van der Waals surface area contributed by atoms with Crippen molar-refractivity contribution < 1.29 is 19.1 Å². The Bertz CT molecular complexity index is 912. The van der Waals surface area contributed by atoms with Gasteiger partial charge in [0.2, 0.25) is 11.8 Å². The Labute approximate surface area is 151 Å². The van der Waals surface area contributed by atoms with Crippen LogP contribution in [-0.4, -0.2) is 24.4 Å². The topological polar surface area (TPSA) is 84.5 Å². The van der Waals surface area contributed by atoms with Crippen LogP contribution in [0.2, 0.25) is 0 Å². The van der Waals surface area contributed by atoms with Gasteiger partial charge in [0.15, 0.2) is 0 Å². The van der Waals surface area contributed by atoms with Crippen molar-refractivity contribution in [3.63, 3.8) is 0 Å². The third kappa shape index (κ3) is 3.44. The summed E-state index contributed by atoms with van der Waals surface area (Å²) in [7, 11) is 0. The molecule has 1 heterocycles. The van der Waals surface area contributed by atoms with Crippen LogP contribution in [0, 0.1) is 5.92 Å². The van der Waals surface area contributed by atoms with Crippen LogP contribution in [0.5, 0.6) is 0 Å². The standard InChI is InChI=1S/C20H20N2O4/c1-3-26-20(25)18-12(2)21-17(23)11-15(18)19(24)22-16-10-6-8-13-7-4-5-9-14(13)16/h4-10,15H,3,11H2,1-2H3,(H,21,23)(H,22,24). The van der Waals surface area contributed by atoms with Crippen LogP contribution < -0.4 is 10.6 Å². The van der Waals surface area contributed by atoms with Crippen LogP contribution >= 0.6 is 0 Å². The van der Waals surface area contributed by atoms with Crippen LogP contribution in [0.15, 0.2) is 53.7 Å². The summed E-state index contributed by atoms with van der Waals surface area (Å²) in [6, 6.07) is 13.3. The first-order valence-electron chi connectivity index (χ1n) is 8.47. The van der Waals surface area contributed by atoms with Crippen molar-refractivity contribution in [1.82, 2.24) is 5.32 Å². The predicted molar refractivity (Wildman–Crippen MR) is 98.2 cm³/mol. The summed E-state index contributed by atoms with van der Waals surface area (Å²) in [5.41, 5.74) is 1.20. The second-order valence-corrected chi connectivity index (χ2v) is 6.08. The van der Waals surface area contributed by atoms with Gasteiger partial charge >= 0.3 is 5.97 Å². The molecule has 1 aliphatic heterocycles. The number of esters is 1. The first-order valence-corrected chi connectivity index (χ1v) is 8.47. The fourth-order valence-electron chi connectivity index (χ4n) is 3.16. The number of amides is 2. The molecule has 1 unspecified atom stereocenters. The smallest absolute Gasteiger partial charge is 0.336 e. The van der Waals surface area contributed by atoms with E-state index in [2.05, 4.69) is 10.6 Å². The summed E-state index contributed by atoms with van der Waals surface area (Å²) >= 11 is 0. The number of carbonyl (C=O) groups excluding carboxylic acids is 3. The molecule has 0 saturated heterocycles. The quantitative estimate of drug-likeness (QED) is 0.829. The minimum atomic E-state index is -0.887. The zero-order chi connectivity index (χ0) is 18.7. The van der Waals surface area contributed by atoms with E-state index in [4.69, 9.17) is 4.74 Å². The average Bonchev–Trinajstić information content (AvgIpc) is 2.61. The van der Waals surface area contributed by atoms with Crippen molar-refractivity contribution in [2.45, 2.75) is 20.3 Å². The van der Waals surface area contributed by atoms with Gasteiger partial charge in [-0.15, -0.1) is 0 Å². The van der Waals surface area contributed by atoms with Crippen LogP contribution in [0.3, 0.4) is 0 Å². The van der Waals surface area contributed by atoms with Crippen molar-refractivity contribution in [3.05, 3.63) is 53.7 Å². The minimum absolute atomic E-state index is 0.0952. The number of allylic oxidation sites excluding steroid dienone is 1. The second kappa shape index (κ2) is 7.39. The summed E-state index contributed by atoms with van der Waals surface area (Å²) in [4.78, 5) is 37.1. The van der Waals surface area contributed by atoms with E-state index in [1.807, 2.05) is 36.4 Å². The highest BCUT2D eigenvalue weighted by atomic mass is 16.5. The Morgan fingerprint density at radius 2 is 1.92 bits per heavy atom. The summed E-state index contributed by atoms with van der Waals surface area (Å²) < 4.78 is 5.06. The molecule has 26 heavy (non-hydrogen) atoms. The minimum Gasteiger partial charge on any atom is -0.463 e. The first-order chi connectivity index (χ1) is 12.5. The number of benzene rings is 2. The average molecular weight is 352 g/mol. The molecule has 2 amide bonds. The summed E-state index contributed by atoms with van der Waals surface area (Å²) in [5, 5.41) is 7.35. The molecule has 134 valence electrons. The molecule has 2 N–H and O–H groups in total. The molecule has 6 heteroatoms. The molecule has 2 aromatic rings. The van der Waals surface area contributed by atoms with Crippen molar-refractivity contribution in [3.8, 4) is 0 Å². The summed E-state index contributed by atoms with van der Waals surface area (Å²) in [6.45, 7) is 3.49. The van der Waals surface area contributed by atoms with Crippen LogP contribution in [-0.2, 0) is 19.1 Å². The lowest BCUT2D eigenvalue weighted by atomic mass is 9.89. The maximum Gasteiger partial charge on any atom is 0.336 e. The zero-order valence-electron chi connectivity index (χ0n) is 14.7. The number of ether oxygens (including phenoxy) is 1. The molecule has 0 saturated carbocycles. The van der Waals surface area contributed by atoms with Crippen molar-refractivity contribution >= 4 is 34.2 Å². The third-order valence-corrected chi connectivity index (χ3v) is 4.33. The van der Waals surface area contributed by atoms with E-state index in [-0.39, 0.29) is 24.5 Å². The Morgan fingerprint density at radius 1 is 1.19 bits per heavy atom. The molecular weight excluding hydrogens is 332 g/mol. The highest BCUT2D eigenvalue weighted by Crippen LogP contribution is 2.28. The van der Waals surface area contributed by atoms with E-state index >= 15 is 0 Å². The molecule has 1 aliphatic rings. The Hall–Kier alpha value is -3.15. The Morgan fingerprint density at radius 3 is 2.69 bits per heavy atom. The molecule has 0 bridgehead atoms. The van der Waals surface area contributed by atoms with E-state index in [0.717, 1.165) is 10.8 Å². The Balaban J connectivity index is 1.93. The molecular formula is C20H20N2O4. The van der Waals surface area contributed by atoms with Crippen LogP contribution in [0.4, 0.5) is 5.69 Å². The van der Waals surface area contributed by atoms with Gasteiger partial charge in [-0.2, -0.15) is 0 Å². The molecule has 0 radical (unpaired) electrons. The van der Waals surface area contributed by atoms with Gasteiger partial charge in [-0.3, -0.25) is 9.59 Å². The molecule has 2 aromatic carbocycles. The number of hydrogen-bond donors (Lipinski definition) is 2. The SMILES string of the molecule is CCOC(=O)C1=C(C)NC(=O)CC1C(=O)Nc1cccc2ccccc12. The maximum atomic E-state index is 12.9. The second-order valence-electron chi connectivity index (χ2n) is 6.08. The molecule has 0 aromatic heterocycles. The first kappa shape index (κ1) is 17.7. The van der Waals surface area contributed by atoms with Gasteiger partial charge in [-0.05, 0) is 25.3 Å². The molecule has 6 nitrogen and oxygen atoms in total. The number of anilines is 1. The number of fused-ring (bicyclic) bond motifs is 1. The van der Waals surface area contributed by atoms with E-state index in [1.165, 1.54) is 0 Å². The summed E-state index contributed by atoms with van der Waals surface area (Å²) in [6.07, 6.45) is -0.0952.